The number of carbonyl (C=O) groups excluding carboxylic acids is 2. The van der Waals surface area contributed by atoms with E-state index in [0.29, 0.717) is 16.9 Å². The minimum absolute atomic E-state index is 0.0543. The number of nitrogens with one attached hydrogen (secondary N) is 2. The summed E-state index contributed by atoms with van der Waals surface area (Å²) in [6.07, 6.45) is 2.94. The molecule has 2 aromatic rings. The van der Waals surface area contributed by atoms with Gasteiger partial charge in [0.2, 0.25) is 0 Å². The molecule has 0 saturated carbocycles. The van der Waals surface area contributed by atoms with E-state index in [2.05, 4.69) is 15.6 Å². The second-order valence-electron chi connectivity index (χ2n) is 5.09. The fourth-order valence-corrected chi connectivity index (χ4v) is 1.84. The Bertz CT molecular complexity index is 816. The smallest absolute Gasteiger partial charge is 0.267 e. The quantitative estimate of drug-likeness (QED) is 0.501. The van der Waals surface area contributed by atoms with Crippen molar-refractivity contribution in [3.05, 3.63) is 65.6 Å². The highest BCUT2D eigenvalue weighted by molar-refractivity contribution is 6.07. The van der Waals surface area contributed by atoms with Gasteiger partial charge in [0, 0.05) is 23.1 Å². The van der Waals surface area contributed by atoms with Crippen LogP contribution in [0.4, 0.5) is 11.4 Å². The lowest BCUT2D eigenvalue weighted by atomic mass is 10.1. The predicted molar refractivity (Wildman–Crippen MR) is 91.4 cm³/mol. The highest BCUT2D eigenvalue weighted by Crippen LogP contribution is 2.12. The van der Waals surface area contributed by atoms with Crippen LogP contribution < -0.4 is 10.6 Å². The number of hydrogen-bond donors (Lipinski definition) is 2. The maximum atomic E-state index is 12.1. The predicted octanol–water partition coefficient (Wildman–Crippen LogP) is 3.05. The molecule has 6 nitrogen and oxygen atoms in total. The van der Waals surface area contributed by atoms with Crippen LogP contribution in [-0.2, 0) is 4.79 Å². The Hall–Kier alpha value is -3.46. The monoisotopic (exact) mass is 320 g/mol. The lowest BCUT2D eigenvalue weighted by Crippen LogP contribution is -2.14. The van der Waals surface area contributed by atoms with Gasteiger partial charge >= 0.3 is 0 Å². The van der Waals surface area contributed by atoms with Crippen LogP contribution in [-0.4, -0.2) is 16.7 Å². The number of carbonyl (C=O) groups is 2. The van der Waals surface area contributed by atoms with Gasteiger partial charge in [-0.25, -0.2) is 0 Å². The van der Waals surface area contributed by atoms with E-state index in [-0.39, 0.29) is 11.4 Å². The van der Waals surface area contributed by atoms with Crippen molar-refractivity contribution in [2.24, 2.45) is 0 Å². The molecule has 0 aliphatic rings. The Kier molecular flexibility index (Phi) is 5.42. The van der Waals surface area contributed by atoms with Crippen molar-refractivity contribution in [1.29, 1.82) is 5.26 Å². The Labute approximate surface area is 139 Å². The van der Waals surface area contributed by atoms with Crippen molar-refractivity contribution in [3.8, 4) is 6.07 Å². The van der Waals surface area contributed by atoms with Crippen LogP contribution in [0.5, 0.6) is 0 Å². The molecule has 0 spiro atoms. The first-order valence-corrected chi connectivity index (χ1v) is 7.21. The summed E-state index contributed by atoms with van der Waals surface area (Å²) >= 11 is 0. The molecule has 0 bridgehead atoms. The van der Waals surface area contributed by atoms with E-state index >= 15 is 0 Å². The Balaban J connectivity index is 2.05. The number of Topliss-reactive ketones (excluding diaryl/α,β-unsaturated/α-hetero) is 1. The van der Waals surface area contributed by atoms with Gasteiger partial charge in [-0.2, -0.15) is 5.26 Å². The minimum atomic E-state index is -0.541. The third-order valence-corrected chi connectivity index (χ3v) is 3.21. The van der Waals surface area contributed by atoms with Crippen molar-refractivity contribution in [2.75, 3.05) is 10.6 Å². The van der Waals surface area contributed by atoms with Gasteiger partial charge in [-0.15, -0.1) is 0 Å². The summed E-state index contributed by atoms with van der Waals surface area (Å²) in [6.45, 7) is 3.33. The molecule has 2 N–H and O–H groups in total. The zero-order valence-electron chi connectivity index (χ0n) is 13.3. The number of rotatable bonds is 5. The minimum Gasteiger partial charge on any atom is -0.359 e. The van der Waals surface area contributed by atoms with Crippen LogP contribution in [0, 0.1) is 18.3 Å². The van der Waals surface area contributed by atoms with Crippen LogP contribution in [0.1, 0.15) is 23.0 Å². The first-order valence-electron chi connectivity index (χ1n) is 7.21. The van der Waals surface area contributed by atoms with Crippen LogP contribution in [0.25, 0.3) is 0 Å². The summed E-state index contributed by atoms with van der Waals surface area (Å²) in [5.74, 6) is -0.595. The topological polar surface area (TPSA) is 94.9 Å². The second-order valence-corrected chi connectivity index (χ2v) is 5.09. The number of ketones is 1. The van der Waals surface area contributed by atoms with E-state index in [1.807, 2.05) is 19.1 Å². The van der Waals surface area contributed by atoms with Gasteiger partial charge in [0.05, 0.1) is 11.9 Å². The molecule has 0 saturated heterocycles. The molecule has 120 valence electrons. The first kappa shape index (κ1) is 16.9. The molecule has 0 radical (unpaired) electrons. The fourth-order valence-electron chi connectivity index (χ4n) is 1.84. The Morgan fingerprint density at radius 3 is 2.33 bits per heavy atom. The maximum absolute atomic E-state index is 12.1. The Morgan fingerprint density at radius 1 is 1.12 bits per heavy atom. The molecule has 1 amide bonds. The molecular formula is C18H16N4O2. The molecule has 24 heavy (non-hydrogen) atoms. The lowest BCUT2D eigenvalue weighted by Gasteiger charge is -2.06. The van der Waals surface area contributed by atoms with Crippen molar-refractivity contribution >= 4 is 23.1 Å². The highest BCUT2D eigenvalue weighted by atomic mass is 16.1. The zero-order valence-corrected chi connectivity index (χ0v) is 13.3. The number of hydrogen-bond acceptors (Lipinski definition) is 5. The number of anilines is 2. The number of amides is 1. The van der Waals surface area contributed by atoms with Gasteiger partial charge in [0.1, 0.15) is 11.6 Å². The third kappa shape index (κ3) is 4.52. The van der Waals surface area contributed by atoms with Gasteiger partial charge < -0.3 is 10.6 Å². The van der Waals surface area contributed by atoms with Gasteiger partial charge in [0.25, 0.3) is 5.91 Å². The Morgan fingerprint density at radius 2 is 1.79 bits per heavy atom. The molecule has 0 aliphatic heterocycles. The standard InChI is InChI=1S/C18H16N4O2/c1-12-3-6-17(11-20-12)21-10-15(9-19)18(24)22-16-7-4-14(5-8-16)13(2)23/h3-8,10-11,21H,1-2H3,(H,22,24)/b15-10-. The van der Waals surface area contributed by atoms with Crippen molar-refractivity contribution in [2.45, 2.75) is 13.8 Å². The van der Waals surface area contributed by atoms with E-state index in [4.69, 9.17) is 5.26 Å². The van der Waals surface area contributed by atoms with Crippen molar-refractivity contribution in [1.82, 2.24) is 4.98 Å². The first-order chi connectivity index (χ1) is 11.5. The van der Waals surface area contributed by atoms with E-state index in [1.165, 1.54) is 13.1 Å². The molecular weight excluding hydrogens is 304 g/mol. The highest BCUT2D eigenvalue weighted by Gasteiger charge is 2.09. The van der Waals surface area contributed by atoms with Crippen molar-refractivity contribution < 1.29 is 9.59 Å². The largest absolute Gasteiger partial charge is 0.359 e. The number of benzene rings is 1. The second kappa shape index (κ2) is 7.70. The van der Waals surface area contributed by atoms with Crippen LogP contribution >= 0.6 is 0 Å². The van der Waals surface area contributed by atoms with Crippen LogP contribution in [0.15, 0.2) is 54.4 Å². The molecule has 1 heterocycles. The molecule has 2 rings (SSSR count). The average Bonchev–Trinajstić information content (AvgIpc) is 2.57. The number of aryl methyl sites for hydroxylation is 1. The summed E-state index contributed by atoms with van der Waals surface area (Å²) in [7, 11) is 0. The van der Waals surface area contributed by atoms with Gasteiger partial charge in [0.15, 0.2) is 5.78 Å². The molecule has 0 atom stereocenters. The fraction of sp³-hybridized carbons (Fsp3) is 0.111. The summed E-state index contributed by atoms with van der Waals surface area (Å²) in [5, 5.41) is 14.6. The van der Waals surface area contributed by atoms with Gasteiger partial charge in [-0.3, -0.25) is 14.6 Å². The van der Waals surface area contributed by atoms with E-state index in [0.717, 1.165) is 5.69 Å². The van der Waals surface area contributed by atoms with Gasteiger partial charge in [-0.05, 0) is 50.2 Å². The molecule has 1 aromatic carbocycles. The number of aromatic nitrogens is 1. The maximum Gasteiger partial charge on any atom is 0.267 e. The van der Waals surface area contributed by atoms with Crippen LogP contribution in [0.3, 0.4) is 0 Å². The summed E-state index contributed by atoms with van der Waals surface area (Å²) < 4.78 is 0. The number of pyridine rings is 1. The van der Waals surface area contributed by atoms with E-state index in [1.54, 1.807) is 36.5 Å². The lowest BCUT2D eigenvalue weighted by molar-refractivity contribution is -0.112. The van der Waals surface area contributed by atoms with Crippen LogP contribution in [0.2, 0.25) is 0 Å². The zero-order chi connectivity index (χ0) is 17.5. The molecule has 0 fully saturated rings. The normalized spacial score (nSPS) is 10.6. The van der Waals surface area contributed by atoms with Crippen molar-refractivity contribution in [3.63, 3.8) is 0 Å². The SMILES string of the molecule is CC(=O)c1ccc(NC(=O)/C(C#N)=C\Nc2ccc(C)nc2)cc1. The summed E-state index contributed by atoms with van der Waals surface area (Å²) in [5.41, 5.74) is 2.52. The van der Waals surface area contributed by atoms with E-state index in [9.17, 15) is 9.59 Å². The van der Waals surface area contributed by atoms with E-state index < -0.39 is 5.91 Å². The number of nitriles is 1. The number of nitrogens with zero attached hydrogens (tertiary/aromatic N) is 2. The molecule has 6 heteroatoms. The summed E-state index contributed by atoms with van der Waals surface area (Å²) in [4.78, 5) is 27.5. The molecule has 0 aliphatic carbocycles. The average molecular weight is 320 g/mol. The molecule has 1 aromatic heterocycles. The summed E-state index contributed by atoms with van der Waals surface area (Å²) in [6, 6.07) is 11.9. The van der Waals surface area contributed by atoms with Gasteiger partial charge in [-0.1, -0.05) is 0 Å². The third-order valence-electron chi connectivity index (χ3n) is 3.21. The molecule has 0 unspecified atom stereocenters.